The molecule has 0 aliphatic carbocycles. The van der Waals surface area contributed by atoms with Gasteiger partial charge >= 0.3 is 0 Å². The minimum atomic E-state index is 0. The summed E-state index contributed by atoms with van der Waals surface area (Å²) >= 11 is 0. The summed E-state index contributed by atoms with van der Waals surface area (Å²) in [4.78, 5) is 0. The maximum atomic E-state index is 3.36. The van der Waals surface area contributed by atoms with Gasteiger partial charge in [-0.15, -0.1) is 6.58 Å². The van der Waals surface area contributed by atoms with Gasteiger partial charge < -0.3 is 18.5 Å². The normalized spacial score (nSPS) is 2.17. The van der Waals surface area contributed by atoms with Crippen molar-refractivity contribution in [2.24, 2.45) is 0 Å². The van der Waals surface area contributed by atoms with E-state index in [-0.39, 0.29) is 18.5 Å². The smallest absolute Gasteiger partial charge is 0.0473 e. The fourth-order valence-electron chi connectivity index (χ4n) is 0. The molecule has 3 nitrogen and oxygen atoms in total. The lowest BCUT2D eigenvalue weighted by Crippen LogP contribution is -1.07. The molecule has 3 heteroatoms. The van der Waals surface area contributed by atoms with Gasteiger partial charge in [-0.3, -0.25) is 0 Å². The Bertz CT molecular complexity index is 13.5. The second kappa shape index (κ2) is 157. The lowest BCUT2D eigenvalue weighted by atomic mass is 10.8. The SMILES string of the molecule is C=CC.N.N.N. The first-order valence-corrected chi connectivity index (χ1v) is 0.986. The molecule has 0 bridgehead atoms. The van der Waals surface area contributed by atoms with E-state index in [9.17, 15) is 0 Å². The Labute approximate surface area is 39.2 Å². The van der Waals surface area contributed by atoms with E-state index in [1.807, 2.05) is 6.92 Å². The van der Waals surface area contributed by atoms with Crippen LogP contribution in [0.3, 0.4) is 0 Å². The maximum absolute atomic E-state index is 3.36. The van der Waals surface area contributed by atoms with Crippen LogP contribution in [0, 0.1) is 0 Å². The molecule has 0 spiro atoms. The molecule has 0 aromatic carbocycles. The minimum Gasteiger partial charge on any atom is -0.344 e. The van der Waals surface area contributed by atoms with E-state index in [4.69, 9.17) is 0 Å². The van der Waals surface area contributed by atoms with Crippen LogP contribution in [-0.4, -0.2) is 0 Å². The third-order valence-corrected chi connectivity index (χ3v) is 0. The first kappa shape index (κ1) is 45.7. The number of rotatable bonds is 0. The molecule has 0 unspecified atom stereocenters. The molecule has 0 saturated carbocycles. The molecule has 0 atom stereocenters. The Morgan fingerprint density at radius 2 is 1.17 bits per heavy atom. The average Bonchev–Trinajstić information content (AvgIpc) is 0.918. The molecule has 0 radical (unpaired) electrons. The van der Waals surface area contributed by atoms with E-state index in [0.29, 0.717) is 0 Å². The zero-order valence-electron chi connectivity index (χ0n) is 4.41. The lowest BCUT2D eigenvalue weighted by Gasteiger charge is -1.31. The fourth-order valence-corrected chi connectivity index (χ4v) is 0. The summed E-state index contributed by atoms with van der Waals surface area (Å²) in [6.45, 7) is 5.25. The first-order valence-electron chi connectivity index (χ1n) is 0.986. The summed E-state index contributed by atoms with van der Waals surface area (Å²) in [5, 5.41) is 0. The molecule has 0 aliphatic rings. The molecule has 0 aromatic rings. The van der Waals surface area contributed by atoms with E-state index in [1.165, 1.54) is 0 Å². The van der Waals surface area contributed by atoms with Gasteiger partial charge in [0.1, 0.15) is 0 Å². The van der Waals surface area contributed by atoms with Crippen molar-refractivity contribution in [1.29, 1.82) is 0 Å². The summed E-state index contributed by atoms with van der Waals surface area (Å²) < 4.78 is 0. The van der Waals surface area contributed by atoms with Gasteiger partial charge in [-0.2, -0.15) is 0 Å². The molecule has 0 fully saturated rings. The van der Waals surface area contributed by atoms with Gasteiger partial charge in [0.05, 0.1) is 0 Å². The molecule has 42 valence electrons. The molecule has 0 aliphatic heterocycles. The van der Waals surface area contributed by atoms with Crippen LogP contribution in [-0.2, 0) is 0 Å². The molecule has 0 saturated heterocycles. The topological polar surface area (TPSA) is 105 Å². The average molecular weight is 93.2 g/mol. The second-order valence-electron chi connectivity index (χ2n) is 0.408. The zero-order chi connectivity index (χ0) is 2.71. The molecular weight excluding hydrogens is 78.1 g/mol. The van der Waals surface area contributed by atoms with Gasteiger partial charge in [0.25, 0.3) is 0 Å². The maximum Gasteiger partial charge on any atom is -0.0473 e. The van der Waals surface area contributed by atoms with Crippen molar-refractivity contribution in [2.45, 2.75) is 6.92 Å². The van der Waals surface area contributed by atoms with Gasteiger partial charge in [-0.25, -0.2) is 0 Å². The van der Waals surface area contributed by atoms with Gasteiger partial charge in [-0.1, -0.05) is 6.08 Å². The van der Waals surface area contributed by atoms with E-state index in [1.54, 1.807) is 6.08 Å². The molecule has 6 heavy (non-hydrogen) atoms. The van der Waals surface area contributed by atoms with Crippen molar-refractivity contribution in [2.75, 3.05) is 0 Å². The van der Waals surface area contributed by atoms with Crippen LogP contribution in [0.4, 0.5) is 0 Å². The van der Waals surface area contributed by atoms with Crippen LogP contribution in [0.5, 0.6) is 0 Å². The zero-order valence-corrected chi connectivity index (χ0v) is 4.41. The second-order valence-corrected chi connectivity index (χ2v) is 0.408. The highest BCUT2D eigenvalue weighted by Crippen LogP contribution is 1.38. The van der Waals surface area contributed by atoms with Gasteiger partial charge in [0, 0.05) is 0 Å². The largest absolute Gasteiger partial charge is 0.344 e. The van der Waals surface area contributed by atoms with Crippen molar-refractivity contribution in [3.8, 4) is 0 Å². The minimum absolute atomic E-state index is 0. The molecule has 0 heterocycles. The van der Waals surface area contributed by atoms with Gasteiger partial charge in [0.15, 0.2) is 0 Å². The summed E-state index contributed by atoms with van der Waals surface area (Å²) in [5.41, 5.74) is 0. The highest BCUT2D eigenvalue weighted by Gasteiger charge is 1.15. The van der Waals surface area contributed by atoms with E-state index >= 15 is 0 Å². The summed E-state index contributed by atoms with van der Waals surface area (Å²) in [6.07, 6.45) is 1.75. The summed E-state index contributed by atoms with van der Waals surface area (Å²) in [6, 6.07) is 0. The third kappa shape index (κ3) is 172. The van der Waals surface area contributed by atoms with Crippen molar-refractivity contribution < 1.29 is 0 Å². The Kier molecular flexibility index (Phi) is 1200. The quantitative estimate of drug-likeness (QED) is 0.396. The fraction of sp³-hybridized carbons (Fsp3) is 0.333. The standard InChI is InChI=1S/C3H6.3H3N/c1-3-2;;;/h3H,1H2,2H3;3*1H3. The molecule has 0 rings (SSSR count). The van der Waals surface area contributed by atoms with Crippen molar-refractivity contribution in [3.63, 3.8) is 0 Å². The van der Waals surface area contributed by atoms with Crippen LogP contribution in [0.1, 0.15) is 6.92 Å². The van der Waals surface area contributed by atoms with Crippen molar-refractivity contribution in [3.05, 3.63) is 12.7 Å². The van der Waals surface area contributed by atoms with Gasteiger partial charge in [0.2, 0.25) is 0 Å². The number of allylic oxidation sites excluding steroid dienone is 1. The van der Waals surface area contributed by atoms with Crippen LogP contribution >= 0.6 is 0 Å². The van der Waals surface area contributed by atoms with Crippen LogP contribution < -0.4 is 18.5 Å². The Hall–Kier alpha value is -0.380. The number of hydrogen-bond donors (Lipinski definition) is 3. The predicted molar refractivity (Wildman–Crippen MR) is 30.9 cm³/mol. The molecule has 0 amide bonds. The van der Waals surface area contributed by atoms with E-state index in [0.717, 1.165) is 0 Å². The molecule has 0 aromatic heterocycles. The summed E-state index contributed by atoms with van der Waals surface area (Å²) in [7, 11) is 0. The predicted octanol–water partition coefficient (Wildman–Crippen LogP) is 1.68. The molecule has 9 N–H and O–H groups in total. The van der Waals surface area contributed by atoms with E-state index < -0.39 is 0 Å². The van der Waals surface area contributed by atoms with Crippen LogP contribution in [0.25, 0.3) is 0 Å². The summed E-state index contributed by atoms with van der Waals surface area (Å²) in [5.74, 6) is 0. The lowest BCUT2D eigenvalue weighted by molar-refractivity contribution is 1.80. The Balaban J connectivity index is -0.00000000667. The monoisotopic (exact) mass is 93.1 g/mol. The van der Waals surface area contributed by atoms with Gasteiger partial charge in [-0.05, 0) is 6.92 Å². The highest BCUT2D eigenvalue weighted by molar-refractivity contribution is 4.51. The number of hydrogen-bond acceptors (Lipinski definition) is 3. The Morgan fingerprint density at radius 3 is 1.17 bits per heavy atom. The third-order valence-electron chi connectivity index (χ3n) is 0. The molecular formula is C3H15N3. The highest BCUT2D eigenvalue weighted by atomic mass is 14.0. The van der Waals surface area contributed by atoms with Crippen LogP contribution in [0.2, 0.25) is 0 Å². The van der Waals surface area contributed by atoms with Crippen LogP contribution in [0.15, 0.2) is 12.7 Å². The van der Waals surface area contributed by atoms with Crippen molar-refractivity contribution >= 4 is 0 Å². The van der Waals surface area contributed by atoms with E-state index in [2.05, 4.69) is 6.58 Å². The first-order chi connectivity index (χ1) is 1.41. The Morgan fingerprint density at radius 1 is 1.17 bits per heavy atom. The van der Waals surface area contributed by atoms with Crippen molar-refractivity contribution in [1.82, 2.24) is 18.5 Å².